The Balaban J connectivity index is 2.26. The third kappa shape index (κ3) is 4.84. The van der Waals surface area contributed by atoms with Crippen molar-refractivity contribution in [3.8, 4) is 39.8 Å². The predicted molar refractivity (Wildman–Crippen MR) is 132 cm³/mol. The molecule has 3 unspecified atom stereocenters. The third-order valence-electron chi connectivity index (χ3n) is 5.35. The zero-order valence-corrected chi connectivity index (χ0v) is 21.0. The van der Waals surface area contributed by atoms with Gasteiger partial charge in [0.25, 0.3) is 0 Å². The van der Waals surface area contributed by atoms with Crippen LogP contribution in [0.5, 0.6) is 5.75 Å². The van der Waals surface area contributed by atoms with Crippen LogP contribution in [0.2, 0.25) is 0 Å². The van der Waals surface area contributed by atoms with E-state index in [0.717, 1.165) is 12.0 Å². The summed E-state index contributed by atoms with van der Waals surface area (Å²) in [5.74, 6) is 0.549. The summed E-state index contributed by atoms with van der Waals surface area (Å²) in [5.41, 5.74) is 2.16. The van der Waals surface area contributed by atoms with Gasteiger partial charge in [-0.3, -0.25) is 4.57 Å². The first-order valence-corrected chi connectivity index (χ1v) is 12.7. The van der Waals surface area contributed by atoms with E-state index in [1.165, 1.54) is 30.4 Å². The van der Waals surface area contributed by atoms with Crippen molar-refractivity contribution in [3.63, 3.8) is 0 Å². The van der Waals surface area contributed by atoms with Gasteiger partial charge < -0.3 is 14.4 Å². The first kappa shape index (κ1) is 25.8. The van der Waals surface area contributed by atoms with Crippen LogP contribution in [0.25, 0.3) is 21.7 Å². The average Bonchev–Trinajstić information content (AvgIpc) is 3.35. The van der Waals surface area contributed by atoms with E-state index in [1.807, 2.05) is 31.4 Å². The molecule has 6 nitrogen and oxygen atoms in total. The zero-order chi connectivity index (χ0) is 25.0. The fraction of sp³-hybridized carbons (Fsp3) is 0.280. The van der Waals surface area contributed by atoms with E-state index in [2.05, 4.69) is 5.92 Å². The largest absolute Gasteiger partial charge is 0.422 e. The van der Waals surface area contributed by atoms with Gasteiger partial charge in [-0.15, -0.1) is 17.8 Å². The Kier molecular flexibility index (Phi) is 8.06. The Morgan fingerprint density at radius 1 is 1.26 bits per heavy atom. The number of halogens is 1. The van der Waals surface area contributed by atoms with Gasteiger partial charge in [-0.25, -0.2) is 14.2 Å². The van der Waals surface area contributed by atoms with Crippen molar-refractivity contribution in [2.75, 3.05) is 7.11 Å². The van der Waals surface area contributed by atoms with Crippen LogP contribution in [-0.4, -0.2) is 34.4 Å². The number of carbonyl (C=O) groups excluding carboxylic acids is 1. The van der Waals surface area contributed by atoms with Gasteiger partial charge in [-0.2, -0.15) is 0 Å². The molecular formula is C25H25FNO5PS. The lowest BCUT2D eigenvalue weighted by molar-refractivity contribution is -0.138. The molecule has 0 fully saturated rings. The molecule has 0 amide bonds. The van der Waals surface area contributed by atoms with Gasteiger partial charge in [0, 0.05) is 12.7 Å². The molecule has 3 rings (SSSR count). The Labute approximate surface area is 202 Å². The van der Waals surface area contributed by atoms with Crippen molar-refractivity contribution < 1.29 is 28.1 Å². The molecule has 3 aromatic rings. The lowest BCUT2D eigenvalue weighted by Crippen LogP contribution is -2.46. The normalized spacial score (nSPS) is 14.8. The van der Waals surface area contributed by atoms with Crippen molar-refractivity contribution in [2.24, 2.45) is 0 Å². The number of aliphatic hydroxyl groups is 1. The van der Waals surface area contributed by atoms with Gasteiger partial charge in [0.15, 0.2) is 5.75 Å². The van der Waals surface area contributed by atoms with Gasteiger partial charge in [0.1, 0.15) is 5.82 Å². The Morgan fingerprint density at radius 3 is 2.44 bits per heavy atom. The van der Waals surface area contributed by atoms with Crippen LogP contribution in [0.1, 0.15) is 32.4 Å². The third-order valence-corrected chi connectivity index (χ3v) is 8.03. The number of pyridine rings is 1. The van der Waals surface area contributed by atoms with Crippen LogP contribution >= 0.6 is 19.4 Å². The highest BCUT2D eigenvalue weighted by Crippen LogP contribution is 2.45. The van der Waals surface area contributed by atoms with Crippen LogP contribution in [0.3, 0.4) is 0 Å². The van der Waals surface area contributed by atoms with Crippen LogP contribution in [0.15, 0.2) is 47.8 Å². The molecule has 0 aliphatic heterocycles. The van der Waals surface area contributed by atoms with Crippen molar-refractivity contribution in [1.82, 2.24) is 4.98 Å². The van der Waals surface area contributed by atoms with Crippen molar-refractivity contribution in [3.05, 3.63) is 59.4 Å². The maximum absolute atomic E-state index is 13.7. The summed E-state index contributed by atoms with van der Waals surface area (Å²) in [7, 11) is -2.09. The summed E-state index contributed by atoms with van der Waals surface area (Å²) in [4.78, 5) is 19.0. The number of carbonyl (C=O) groups is 1. The lowest BCUT2D eigenvalue weighted by atomic mass is 9.98. The van der Waals surface area contributed by atoms with E-state index in [0.29, 0.717) is 22.5 Å². The number of hydrogen-bond donors (Lipinski definition) is 1. The molecule has 0 spiro atoms. The number of benzene rings is 1. The Hall–Kier alpha value is -2.82. The van der Waals surface area contributed by atoms with Crippen molar-refractivity contribution in [2.45, 2.75) is 37.9 Å². The SMILES string of the molecule is C#CC(C(=O)Oc1c(-c2ccc(F)cc2)cc(-c2cccs2)nc1C(C)C)(C(C)O)[PH](=O)OC. The minimum absolute atomic E-state index is 0.0955. The standard InChI is InChI=1S/C25H25FNO5PS/c1-6-25(16(4)28,33(30)31-5)24(29)32-23-19(17-9-11-18(26)12-10-17)14-20(21-8-7-13-34-21)27-22(23)15(2)3/h1,7-16,28,33H,2-5H3. The van der Waals surface area contributed by atoms with Crippen molar-refractivity contribution >= 4 is 25.3 Å². The van der Waals surface area contributed by atoms with Crippen LogP contribution in [0, 0.1) is 18.2 Å². The van der Waals surface area contributed by atoms with E-state index in [9.17, 15) is 18.9 Å². The van der Waals surface area contributed by atoms with E-state index < -0.39 is 31.1 Å². The molecule has 0 bridgehead atoms. The van der Waals surface area contributed by atoms with Gasteiger partial charge in [-0.1, -0.05) is 38.0 Å². The minimum Gasteiger partial charge on any atom is -0.422 e. The van der Waals surface area contributed by atoms with Crippen LogP contribution in [0.4, 0.5) is 4.39 Å². The van der Waals surface area contributed by atoms with Gasteiger partial charge in [0.2, 0.25) is 13.2 Å². The fourth-order valence-corrected chi connectivity index (χ4v) is 5.13. The Bertz CT molecular complexity index is 1240. The average molecular weight is 502 g/mol. The number of thiophene rings is 1. The molecular weight excluding hydrogens is 476 g/mol. The molecule has 178 valence electrons. The maximum atomic E-state index is 13.7. The molecule has 1 aromatic carbocycles. The van der Waals surface area contributed by atoms with Crippen LogP contribution in [-0.2, 0) is 13.9 Å². The molecule has 9 heteroatoms. The molecule has 1 N–H and O–H groups in total. The van der Waals surface area contributed by atoms with Gasteiger partial charge in [0.05, 0.1) is 22.4 Å². The fourth-order valence-electron chi connectivity index (χ4n) is 3.44. The second-order valence-corrected chi connectivity index (χ2v) is 10.6. The zero-order valence-electron chi connectivity index (χ0n) is 19.2. The van der Waals surface area contributed by atoms with Gasteiger partial charge in [-0.05, 0) is 48.1 Å². The summed E-state index contributed by atoms with van der Waals surface area (Å²) in [5, 5.41) is 10.0. The van der Waals surface area contributed by atoms with E-state index in [-0.39, 0.29) is 11.7 Å². The van der Waals surface area contributed by atoms with Crippen LogP contribution < -0.4 is 4.74 Å². The molecule has 0 aliphatic carbocycles. The highest BCUT2D eigenvalue weighted by Gasteiger charge is 2.50. The molecule has 0 aliphatic rings. The summed E-state index contributed by atoms with van der Waals surface area (Å²) in [6.45, 7) is 5.02. The van der Waals surface area contributed by atoms with E-state index in [4.69, 9.17) is 20.7 Å². The molecule has 0 saturated carbocycles. The minimum atomic E-state index is -3.23. The second kappa shape index (κ2) is 10.6. The quantitative estimate of drug-likeness (QED) is 0.249. The highest BCUT2D eigenvalue weighted by molar-refractivity contribution is 7.43. The molecule has 2 heterocycles. The molecule has 2 aromatic heterocycles. The number of aliphatic hydroxyl groups excluding tert-OH is 1. The summed E-state index contributed by atoms with van der Waals surface area (Å²) in [6.07, 6.45) is 4.06. The summed E-state index contributed by atoms with van der Waals surface area (Å²) in [6, 6.07) is 11.3. The second-order valence-electron chi connectivity index (χ2n) is 7.92. The number of esters is 1. The predicted octanol–water partition coefficient (Wildman–Crippen LogP) is 5.52. The van der Waals surface area contributed by atoms with E-state index in [1.54, 1.807) is 18.2 Å². The molecule has 0 radical (unpaired) electrons. The maximum Gasteiger partial charge on any atom is 0.342 e. The topological polar surface area (TPSA) is 85.7 Å². The smallest absolute Gasteiger partial charge is 0.342 e. The molecule has 0 saturated heterocycles. The van der Waals surface area contributed by atoms with E-state index >= 15 is 0 Å². The number of terminal acetylenes is 1. The monoisotopic (exact) mass is 501 g/mol. The summed E-state index contributed by atoms with van der Waals surface area (Å²) >= 11 is 1.50. The first-order chi connectivity index (χ1) is 16.1. The number of hydrogen-bond acceptors (Lipinski definition) is 7. The molecule has 3 atom stereocenters. The lowest BCUT2D eigenvalue weighted by Gasteiger charge is -2.28. The number of nitrogens with zero attached hydrogens (tertiary/aromatic N) is 1. The summed E-state index contributed by atoms with van der Waals surface area (Å²) < 4.78 is 37.0. The first-order valence-electron chi connectivity index (χ1n) is 10.5. The number of rotatable bonds is 8. The molecule has 34 heavy (non-hydrogen) atoms. The van der Waals surface area contributed by atoms with Gasteiger partial charge >= 0.3 is 5.97 Å². The Morgan fingerprint density at radius 2 is 1.94 bits per heavy atom. The van der Waals surface area contributed by atoms with Crippen molar-refractivity contribution in [1.29, 1.82) is 0 Å². The number of ether oxygens (including phenoxy) is 1. The highest BCUT2D eigenvalue weighted by atomic mass is 32.1. The number of aromatic nitrogens is 1.